The smallest absolute Gasteiger partial charge is 0.173 e. The summed E-state index contributed by atoms with van der Waals surface area (Å²) in [6.45, 7) is 4.28. The lowest BCUT2D eigenvalue weighted by Gasteiger charge is -1.98. The standard InChI is InChI=1S/C6H12O2S/c1-4-5-9(7,8)6(2)3/h4-6H,1-3H3/b5-4+/i4D,5D. The van der Waals surface area contributed by atoms with Crippen LogP contribution in [0.3, 0.4) is 0 Å². The molecule has 0 aliphatic rings. The molecular weight excluding hydrogens is 136 g/mol. The zero-order chi connectivity index (χ0) is 9.23. The summed E-state index contributed by atoms with van der Waals surface area (Å²) in [4.78, 5) is 0. The molecule has 0 N–H and O–H groups in total. The van der Waals surface area contributed by atoms with E-state index in [1.54, 1.807) is 0 Å². The molecule has 0 rings (SSSR count). The zero-order valence-electron chi connectivity index (χ0n) is 7.80. The predicted molar refractivity (Wildman–Crippen MR) is 38.9 cm³/mol. The predicted octanol–water partition coefficient (Wildman–Crippen LogP) is 1.34. The molecule has 0 heterocycles. The van der Waals surface area contributed by atoms with E-state index in [1.807, 2.05) is 0 Å². The minimum atomic E-state index is -3.52. The molecule has 0 aromatic rings. The van der Waals surface area contributed by atoms with Crippen molar-refractivity contribution in [3.05, 3.63) is 11.4 Å². The van der Waals surface area contributed by atoms with Gasteiger partial charge in [-0.1, -0.05) is 6.05 Å². The Labute approximate surface area is 59.3 Å². The molecule has 9 heavy (non-hydrogen) atoms. The first-order chi connectivity index (χ1) is 4.80. The number of hydrogen-bond acceptors (Lipinski definition) is 2. The first-order valence-corrected chi connectivity index (χ1v) is 4.22. The fourth-order valence-corrected chi connectivity index (χ4v) is 0.780. The lowest BCUT2D eigenvalue weighted by molar-refractivity contribution is 0.596. The topological polar surface area (TPSA) is 34.1 Å². The van der Waals surface area contributed by atoms with E-state index in [0.717, 1.165) is 0 Å². The lowest BCUT2D eigenvalue weighted by Crippen LogP contribution is -2.09. The van der Waals surface area contributed by atoms with Crippen LogP contribution in [-0.2, 0) is 9.84 Å². The minimum Gasteiger partial charge on any atom is -0.224 e. The first kappa shape index (κ1) is 5.47. The van der Waals surface area contributed by atoms with Gasteiger partial charge in [-0.2, -0.15) is 0 Å². The summed E-state index contributed by atoms with van der Waals surface area (Å²) in [6.07, 6.45) is 0. The quantitative estimate of drug-likeness (QED) is 0.595. The van der Waals surface area contributed by atoms with E-state index in [2.05, 4.69) is 0 Å². The number of sulfone groups is 1. The van der Waals surface area contributed by atoms with Crippen LogP contribution < -0.4 is 0 Å². The highest BCUT2D eigenvalue weighted by atomic mass is 32.2. The highest BCUT2D eigenvalue weighted by Gasteiger charge is 2.09. The second kappa shape index (κ2) is 3.01. The summed E-state index contributed by atoms with van der Waals surface area (Å²) in [5, 5.41) is -1.19. The third-order valence-electron chi connectivity index (χ3n) is 0.865. The van der Waals surface area contributed by atoms with Gasteiger partial charge in [0.25, 0.3) is 0 Å². The molecule has 0 aromatic heterocycles. The van der Waals surface area contributed by atoms with Gasteiger partial charge in [-0.3, -0.25) is 0 Å². The van der Waals surface area contributed by atoms with E-state index in [9.17, 15) is 8.42 Å². The van der Waals surface area contributed by atoms with Gasteiger partial charge in [-0.15, -0.1) is 0 Å². The Balaban J connectivity index is 5.05. The highest BCUT2D eigenvalue weighted by molar-refractivity contribution is 7.94. The average molecular weight is 150 g/mol. The van der Waals surface area contributed by atoms with Crippen LogP contribution in [0.5, 0.6) is 0 Å². The molecule has 0 amide bonds. The average Bonchev–Trinajstić information content (AvgIpc) is 1.85. The van der Waals surface area contributed by atoms with Crippen molar-refractivity contribution in [3.8, 4) is 0 Å². The van der Waals surface area contributed by atoms with Crippen molar-refractivity contribution in [1.29, 1.82) is 0 Å². The summed E-state index contributed by atoms with van der Waals surface area (Å²) in [5.74, 6) is 0. The second-order valence-electron chi connectivity index (χ2n) is 1.95. The molecule has 0 aliphatic heterocycles. The molecule has 0 aliphatic carbocycles. The van der Waals surface area contributed by atoms with Gasteiger partial charge in [-0.25, -0.2) is 8.42 Å². The van der Waals surface area contributed by atoms with Gasteiger partial charge >= 0.3 is 0 Å². The molecule has 0 spiro atoms. The lowest BCUT2D eigenvalue weighted by atomic mass is 10.6. The van der Waals surface area contributed by atoms with Crippen molar-refractivity contribution < 1.29 is 11.2 Å². The van der Waals surface area contributed by atoms with E-state index >= 15 is 0 Å². The van der Waals surface area contributed by atoms with Crippen LogP contribution in [0.15, 0.2) is 11.4 Å². The monoisotopic (exact) mass is 150 g/mol. The fraction of sp³-hybridized carbons (Fsp3) is 0.667. The van der Waals surface area contributed by atoms with Gasteiger partial charge in [0.1, 0.15) is 0 Å². The Morgan fingerprint density at radius 1 is 1.56 bits per heavy atom. The van der Waals surface area contributed by atoms with Crippen LogP contribution in [0.2, 0.25) is 0 Å². The van der Waals surface area contributed by atoms with E-state index in [4.69, 9.17) is 2.74 Å². The molecule has 0 fully saturated rings. The summed E-state index contributed by atoms with van der Waals surface area (Å²) < 4.78 is 36.2. The highest BCUT2D eigenvalue weighted by Crippen LogP contribution is 2.00. The molecule has 0 bridgehead atoms. The maximum absolute atomic E-state index is 11.1. The van der Waals surface area contributed by atoms with Crippen molar-refractivity contribution >= 4 is 9.84 Å². The third-order valence-corrected chi connectivity index (χ3v) is 2.59. The Kier molecular flexibility index (Phi) is 1.83. The second-order valence-corrected chi connectivity index (χ2v) is 4.18. The fourth-order valence-electron chi connectivity index (χ4n) is 0.260. The Morgan fingerprint density at radius 2 is 2.00 bits per heavy atom. The van der Waals surface area contributed by atoms with E-state index in [1.165, 1.54) is 20.8 Å². The molecule has 0 radical (unpaired) electrons. The van der Waals surface area contributed by atoms with Crippen LogP contribution in [0.1, 0.15) is 23.5 Å². The van der Waals surface area contributed by atoms with Gasteiger partial charge < -0.3 is 0 Å². The molecule has 0 unspecified atom stereocenters. The van der Waals surface area contributed by atoms with E-state index in [-0.39, 0.29) is 6.05 Å². The van der Waals surface area contributed by atoms with Gasteiger partial charge in [0.2, 0.25) is 0 Å². The van der Waals surface area contributed by atoms with Crippen molar-refractivity contribution in [2.45, 2.75) is 26.0 Å². The summed E-state index contributed by atoms with van der Waals surface area (Å²) in [6, 6.07) is -0.210. The summed E-state index contributed by atoms with van der Waals surface area (Å²) in [7, 11) is -3.52. The maximum Gasteiger partial charge on any atom is 0.173 e. The number of allylic oxidation sites excluding steroid dienone is 1. The van der Waals surface area contributed by atoms with E-state index in [0.29, 0.717) is 0 Å². The van der Waals surface area contributed by atoms with Crippen LogP contribution in [0.4, 0.5) is 0 Å². The van der Waals surface area contributed by atoms with Crippen molar-refractivity contribution in [3.63, 3.8) is 0 Å². The first-order valence-electron chi connectivity index (χ1n) is 3.68. The van der Waals surface area contributed by atoms with Gasteiger partial charge in [0.15, 0.2) is 9.84 Å². The van der Waals surface area contributed by atoms with Crippen molar-refractivity contribution in [1.82, 2.24) is 0 Å². The zero-order valence-corrected chi connectivity index (χ0v) is 6.62. The Bertz CT molecular complexity index is 260. The molecule has 0 saturated carbocycles. The molecular formula is C6H12O2S. The maximum atomic E-state index is 11.1. The van der Waals surface area contributed by atoms with Gasteiger partial charge in [0, 0.05) is 5.38 Å². The van der Waals surface area contributed by atoms with Gasteiger partial charge in [-0.05, 0) is 20.8 Å². The third kappa shape index (κ3) is 2.65. The number of hydrogen-bond donors (Lipinski definition) is 0. The Morgan fingerprint density at radius 3 is 2.11 bits per heavy atom. The van der Waals surface area contributed by atoms with Gasteiger partial charge in [0.05, 0.1) is 7.99 Å². The van der Waals surface area contributed by atoms with Crippen molar-refractivity contribution in [2.24, 2.45) is 0 Å². The molecule has 2 nitrogen and oxygen atoms in total. The molecule has 3 heteroatoms. The molecule has 0 atom stereocenters. The van der Waals surface area contributed by atoms with E-state index < -0.39 is 20.5 Å². The largest absolute Gasteiger partial charge is 0.224 e. The van der Waals surface area contributed by atoms with Crippen molar-refractivity contribution in [2.75, 3.05) is 0 Å². The molecule has 54 valence electrons. The minimum absolute atomic E-state index is 0.210. The molecule has 0 aromatic carbocycles. The molecule has 0 saturated heterocycles. The SMILES string of the molecule is [2H]/C(C)=C(/[2H])S(=O)(=O)C(C)C. The normalized spacial score (nSPS) is 18.7. The van der Waals surface area contributed by atoms with Crippen LogP contribution in [0, 0.1) is 0 Å². The van der Waals surface area contributed by atoms with Crippen LogP contribution in [0.25, 0.3) is 0 Å². The summed E-state index contributed by atoms with van der Waals surface area (Å²) in [5.41, 5.74) is 0. The van der Waals surface area contributed by atoms with Crippen LogP contribution >= 0.6 is 0 Å². The van der Waals surface area contributed by atoms with Crippen LogP contribution in [-0.4, -0.2) is 13.7 Å². The Hall–Kier alpha value is -0.310. The summed E-state index contributed by atoms with van der Waals surface area (Å²) >= 11 is 0. The number of rotatable bonds is 2.